The van der Waals surface area contributed by atoms with Gasteiger partial charge in [0.1, 0.15) is 18.0 Å². The SMILES string of the molecule is Cn1ncc2c(N3CCN(Cc4nc(N)nc(N)n4)CC3)ncnc21. The standard InChI is InChI=1S/C14H19N11/c1-23-11-9(6-19-23)12(18-8-17-11)25-4-2-24(3-5-25)7-10-20-13(15)22-14(16)21-10/h6,8H,2-5,7H2,1H3,(H4,15,16,20,21,22). The molecule has 11 nitrogen and oxygen atoms in total. The lowest BCUT2D eigenvalue weighted by molar-refractivity contribution is 0.243. The lowest BCUT2D eigenvalue weighted by Crippen LogP contribution is -2.46. The fourth-order valence-electron chi connectivity index (χ4n) is 3.05. The third kappa shape index (κ3) is 3.01. The second-order valence-corrected chi connectivity index (χ2v) is 5.93. The zero-order valence-electron chi connectivity index (χ0n) is 13.9. The summed E-state index contributed by atoms with van der Waals surface area (Å²) in [6.07, 6.45) is 3.40. The average molecular weight is 341 g/mol. The van der Waals surface area contributed by atoms with Gasteiger partial charge in [-0.1, -0.05) is 0 Å². The molecule has 1 fully saturated rings. The maximum Gasteiger partial charge on any atom is 0.225 e. The van der Waals surface area contributed by atoms with Gasteiger partial charge in [-0.05, 0) is 0 Å². The molecule has 3 aromatic rings. The molecule has 0 radical (unpaired) electrons. The lowest BCUT2D eigenvalue weighted by atomic mass is 10.2. The molecule has 3 aromatic heterocycles. The van der Waals surface area contributed by atoms with Crippen LogP contribution in [0, 0.1) is 0 Å². The van der Waals surface area contributed by atoms with Crippen LogP contribution in [0.25, 0.3) is 11.0 Å². The molecule has 0 unspecified atom stereocenters. The Bertz CT molecular complexity index is 877. The van der Waals surface area contributed by atoms with Crippen LogP contribution in [0.3, 0.4) is 0 Å². The fourth-order valence-corrected chi connectivity index (χ4v) is 3.05. The van der Waals surface area contributed by atoms with E-state index in [2.05, 4.69) is 39.8 Å². The summed E-state index contributed by atoms with van der Waals surface area (Å²) in [6.45, 7) is 4.00. The quantitative estimate of drug-likeness (QED) is 0.611. The van der Waals surface area contributed by atoms with E-state index in [-0.39, 0.29) is 11.9 Å². The minimum atomic E-state index is 0.154. The molecular weight excluding hydrogens is 322 g/mol. The first-order valence-electron chi connectivity index (χ1n) is 7.96. The molecule has 4 N–H and O–H groups in total. The van der Waals surface area contributed by atoms with Gasteiger partial charge in [0.15, 0.2) is 5.65 Å². The van der Waals surface area contributed by atoms with Crippen molar-refractivity contribution in [1.29, 1.82) is 0 Å². The highest BCUT2D eigenvalue weighted by molar-refractivity contribution is 5.86. The molecule has 0 saturated carbocycles. The van der Waals surface area contributed by atoms with E-state index in [1.165, 1.54) is 0 Å². The molecule has 0 spiro atoms. The van der Waals surface area contributed by atoms with Crippen molar-refractivity contribution in [3.63, 3.8) is 0 Å². The van der Waals surface area contributed by atoms with Gasteiger partial charge in [0, 0.05) is 33.2 Å². The summed E-state index contributed by atoms with van der Waals surface area (Å²) < 4.78 is 1.76. The number of piperazine rings is 1. The Labute approximate surface area is 143 Å². The van der Waals surface area contributed by atoms with Gasteiger partial charge in [0.05, 0.1) is 18.1 Å². The van der Waals surface area contributed by atoms with Gasteiger partial charge >= 0.3 is 0 Å². The summed E-state index contributed by atoms with van der Waals surface area (Å²) in [5.41, 5.74) is 12.1. The summed E-state index contributed by atoms with van der Waals surface area (Å²) in [4.78, 5) is 25.3. The summed E-state index contributed by atoms with van der Waals surface area (Å²) in [6, 6.07) is 0. The van der Waals surface area contributed by atoms with Crippen molar-refractivity contribution in [1.82, 2.24) is 39.6 Å². The molecule has 0 bridgehead atoms. The smallest absolute Gasteiger partial charge is 0.225 e. The second-order valence-electron chi connectivity index (χ2n) is 5.93. The Morgan fingerprint density at radius 2 is 1.72 bits per heavy atom. The molecule has 0 aliphatic carbocycles. The van der Waals surface area contributed by atoms with Crippen molar-refractivity contribution in [2.75, 3.05) is 42.5 Å². The molecule has 11 heteroatoms. The lowest BCUT2D eigenvalue weighted by Gasteiger charge is -2.35. The maximum absolute atomic E-state index is 5.63. The normalized spacial score (nSPS) is 15.8. The van der Waals surface area contributed by atoms with Gasteiger partial charge in [-0.2, -0.15) is 20.1 Å². The Hall–Kier alpha value is -3.08. The van der Waals surface area contributed by atoms with E-state index < -0.39 is 0 Å². The highest BCUT2D eigenvalue weighted by Gasteiger charge is 2.21. The number of fused-ring (bicyclic) bond motifs is 1. The first kappa shape index (κ1) is 15.4. The first-order valence-corrected chi connectivity index (χ1v) is 7.96. The van der Waals surface area contributed by atoms with Gasteiger partial charge in [0.2, 0.25) is 11.9 Å². The van der Waals surface area contributed by atoms with E-state index in [9.17, 15) is 0 Å². The predicted octanol–water partition coefficient (Wildman–Crippen LogP) is -0.965. The van der Waals surface area contributed by atoms with Crippen LogP contribution in [0.15, 0.2) is 12.5 Å². The Morgan fingerprint density at radius 3 is 2.44 bits per heavy atom. The van der Waals surface area contributed by atoms with Gasteiger partial charge in [-0.3, -0.25) is 9.58 Å². The van der Waals surface area contributed by atoms with Gasteiger partial charge < -0.3 is 16.4 Å². The number of nitrogens with zero attached hydrogens (tertiary/aromatic N) is 9. The van der Waals surface area contributed by atoms with E-state index in [4.69, 9.17) is 11.5 Å². The number of nitrogen functional groups attached to an aromatic ring is 2. The van der Waals surface area contributed by atoms with Crippen LogP contribution in [0.1, 0.15) is 5.82 Å². The van der Waals surface area contributed by atoms with Crippen LogP contribution in [0.4, 0.5) is 17.7 Å². The topological polar surface area (TPSA) is 141 Å². The molecular formula is C14H19N11. The fraction of sp³-hybridized carbons (Fsp3) is 0.429. The van der Waals surface area contributed by atoms with Crippen LogP contribution in [0.2, 0.25) is 0 Å². The molecule has 1 saturated heterocycles. The molecule has 0 aromatic carbocycles. The van der Waals surface area contributed by atoms with Crippen LogP contribution in [0.5, 0.6) is 0 Å². The molecule has 4 rings (SSSR count). The first-order chi connectivity index (χ1) is 12.1. The molecule has 1 aliphatic heterocycles. The van der Waals surface area contributed by atoms with E-state index in [1.807, 2.05) is 13.2 Å². The van der Waals surface area contributed by atoms with E-state index in [1.54, 1.807) is 11.0 Å². The summed E-state index contributed by atoms with van der Waals surface area (Å²) in [5.74, 6) is 1.82. The summed E-state index contributed by atoms with van der Waals surface area (Å²) in [7, 11) is 1.88. The monoisotopic (exact) mass is 341 g/mol. The van der Waals surface area contributed by atoms with Crippen molar-refractivity contribution in [2.24, 2.45) is 7.05 Å². The Balaban J connectivity index is 1.46. The number of rotatable bonds is 3. The third-order valence-electron chi connectivity index (χ3n) is 4.26. The summed E-state index contributed by atoms with van der Waals surface area (Å²) >= 11 is 0. The Kier molecular flexibility index (Phi) is 3.76. The average Bonchev–Trinajstić information content (AvgIpc) is 2.96. The van der Waals surface area contributed by atoms with Gasteiger partial charge in [-0.25, -0.2) is 9.97 Å². The zero-order valence-corrected chi connectivity index (χ0v) is 13.9. The molecule has 1 aliphatic rings. The minimum absolute atomic E-state index is 0.154. The second kappa shape index (κ2) is 6.09. The Morgan fingerprint density at radius 1 is 1.00 bits per heavy atom. The molecule has 130 valence electrons. The van der Waals surface area contributed by atoms with Crippen LogP contribution >= 0.6 is 0 Å². The largest absolute Gasteiger partial charge is 0.368 e. The molecule has 25 heavy (non-hydrogen) atoms. The van der Waals surface area contributed by atoms with Crippen molar-refractivity contribution >= 4 is 28.7 Å². The van der Waals surface area contributed by atoms with Crippen molar-refractivity contribution in [2.45, 2.75) is 6.54 Å². The summed E-state index contributed by atoms with van der Waals surface area (Å²) in [5, 5.41) is 5.24. The highest BCUT2D eigenvalue weighted by Crippen LogP contribution is 2.23. The third-order valence-corrected chi connectivity index (χ3v) is 4.26. The van der Waals surface area contributed by atoms with Gasteiger partial charge in [-0.15, -0.1) is 0 Å². The molecule has 4 heterocycles. The number of nitrogens with two attached hydrogens (primary N) is 2. The number of anilines is 3. The highest BCUT2D eigenvalue weighted by atomic mass is 15.3. The van der Waals surface area contributed by atoms with Crippen LogP contribution < -0.4 is 16.4 Å². The number of hydrogen-bond acceptors (Lipinski definition) is 10. The molecule has 0 atom stereocenters. The van der Waals surface area contributed by atoms with E-state index in [0.29, 0.717) is 12.4 Å². The van der Waals surface area contributed by atoms with Crippen LogP contribution in [-0.4, -0.2) is 65.8 Å². The van der Waals surface area contributed by atoms with E-state index >= 15 is 0 Å². The van der Waals surface area contributed by atoms with E-state index in [0.717, 1.165) is 43.0 Å². The number of aromatic nitrogens is 7. The van der Waals surface area contributed by atoms with Gasteiger partial charge in [0.25, 0.3) is 0 Å². The van der Waals surface area contributed by atoms with Crippen molar-refractivity contribution < 1.29 is 0 Å². The molecule has 0 amide bonds. The number of aryl methyl sites for hydroxylation is 1. The van der Waals surface area contributed by atoms with Crippen molar-refractivity contribution in [3.05, 3.63) is 18.3 Å². The predicted molar refractivity (Wildman–Crippen MR) is 92.4 cm³/mol. The van der Waals surface area contributed by atoms with Crippen LogP contribution in [-0.2, 0) is 13.6 Å². The number of hydrogen-bond donors (Lipinski definition) is 2. The zero-order chi connectivity index (χ0) is 17.4. The minimum Gasteiger partial charge on any atom is -0.368 e. The maximum atomic E-state index is 5.63. The van der Waals surface area contributed by atoms with Crippen molar-refractivity contribution in [3.8, 4) is 0 Å².